The number of hydrogen-bond acceptors (Lipinski definition) is 3. The summed E-state index contributed by atoms with van der Waals surface area (Å²) in [5.74, 6) is -0.557. The molecule has 1 aromatic heterocycles. The summed E-state index contributed by atoms with van der Waals surface area (Å²) in [6, 6.07) is 0.867. The molecular weight excluding hydrogens is 210 g/mol. The second-order valence-corrected chi connectivity index (χ2v) is 3.69. The van der Waals surface area contributed by atoms with E-state index < -0.39 is 12.0 Å². The van der Waals surface area contributed by atoms with E-state index in [1.165, 1.54) is 4.90 Å². The Morgan fingerprint density at radius 2 is 2.44 bits per heavy atom. The van der Waals surface area contributed by atoms with Gasteiger partial charge in [0.15, 0.2) is 0 Å². The molecule has 1 N–H and O–H groups in total. The molecule has 1 unspecified atom stereocenters. The lowest BCUT2D eigenvalue weighted by Crippen LogP contribution is -2.48. The third-order valence-electron chi connectivity index (χ3n) is 2.73. The number of hydrogen-bond donors (Lipinski definition) is 1. The summed E-state index contributed by atoms with van der Waals surface area (Å²) < 4.78 is 1.66. The zero-order valence-corrected chi connectivity index (χ0v) is 8.96. The second-order valence-electron chi connectivity index (χ2n) is 3.69. The van der Waals surface area contributed by atoms with Gasteiger partial charge in [-0.1, -0.05) is 6.92 Å². The number of amides is 1. The summed E-state index contributed by atoms with van der Waals surface area (Å²) in [6.07, 6.45) is 2.26. The summed E-state index contributed by atoms with van der Waals surface area (Å²) in [6.45, 7) is 2.27. The van der Waals surface area contributed by atoms with E-state index in [0.717, 1.165) is 0 Å². The van der Waals surface area contributed by atoms with Gasteiger partial charge in [-0.25, -0.2) is 9.48 Å². The largest absolute Gasteiger partial charge is 0.480 e. The van der Waals surface area contributed by atoms with Crippen LogP contribution in [0.25, 0.3) is 0 Å². The van der Waals surface area contributed by atoms with E-state index in [-0.39, 0.29) is 5.91 Å². The first-order chi connectivity index (χ1) is 7.65. The van der Waals surface area contributed by atoms with Gasteiger partial charge in [0, 0.05) is 12.5 Å². The van der Waals surface area contributed by atoms with Crippen molar-refractivity contribution < 1.29 is 14.7 Å². The van der Waals surface area contributed by atoms with Crippen LogP contribution < -0.4 is 4.90 Å². The van der Waals surface area contributed by atoms with Crippen LogP contribution in [0.2, 0.25) is 0 Å². The third-order valence-corrected chi connectivity index (χ3v) is 2.73. The average Bonchev–Trinajstić information content (AvgIpc) is 2.69. The smallest absolute Gasteiger partial charge is 0.326 e. The number of carboxylic acid groups (broad SMARTS) is 1. The lowest BCUT2D eigenvalue weighted by Gasteiger charge is -2.31. The van der Waals surface area contributed by atoms with Crippen LogP contribution in [0.5, 0.6) is 0 Å². The van der Waals surface area contributed by atoms with Gasteiger partial charge in [0.2, 0.25) is 5.91 Å². The molecule has 1 amide bonds. The molecule has 2 rings (SSSR count). The SMILES string of the molecule is CCC(C(=O)O)N1C(=O)CCn2nccc21. The van der Waals surface area contributed by atoms with E-state index in [2.05, 4.69) is 5.10 Å². The topological polar surface area (TPSA) is 75.4 Å². The van der Waals surface area contributed by atoms with E-state index in [1.807, 2.05) is 0 Å². The Bertz CT molecular complexity index is 427. The van der Waals surface area contributed by atoms with Crippen LogP contribution in [0, 0.1) is 0 Å². The Morgan fingerprint density at radius 1 is 1.69 bits per heavy atom. The normalized spacial score (nSPS) is 17.1. The average molecular weight is 223 g/mol. The molecule has 1 atom stereocenters. The number of carbonyl (C=O) groups excluding carboxylic acids is 1. The van der Waals surface area contributed by atoms with Gasteiger partial charge in [0.05, 0.1) is 12.7 Å². The summed E-state index contributed by atoms with van der Waals surface area (Å²) in [5, 5.41) is 13.1. The molecule has 0 spiro atoms. The van der Waals surface area contributed by atoms with Crippen molar-refractivity contribution in [2.24, 2.45) is 0 Å². The first-order valence-corrected chi connectivity index (χ1v) is 5.21. The van der Waals surface area contributed by atoms with Gasteiger partial charge in [0.25, 0.3) is 0 Å². The highest BCUT2D eigenvalue weighted by molar-refractivity contribution is 5.99. The van der Waals surface area contributed by atoms with Crippen molar-refractivity contribution in [3.63, 3.8) is 0 Å². The second kappa shape index (κ2) is 3.96. The number of fused-ring (bicyclic) bond motifs is 1. The van der Waals surface area contributed by atoms with Crippen LogP contribution in [0.15, 0.2) is 12.3 Å². The number of anilines is 1. The molecule has 0 bridgehead atoms. The minimum absolute atomic E-state index is 0.151. The van der Waals surface area contributed by atoms with Gasteiger partial charge in [-0.2, -0.15) is 5.10 Å². The minimum atomic E-state index is -0.981. The highest BCUT2D eigenvalue weighted by atomic mass is 16.4. The summed E-state index contributed by atoms with van der Waals surface area (Å²) in [7, 11) is 0. The Morgan fingerprint density at radius 3 is 3.06 bits per heavy atom. The third kappa shape index (κ3) is 1.56. The molecule has 0 saturated carbocycles. The van der Waals surface area contributed by atoms with Crippen LogP contribution in [0.4, 0.5) is 5.82 Å². The highest BCUT2D eigenvalue weighted by Crippen LogP contribution is 2.24. The zero-order valence-electron chi connectivity index (χ0n) is 8.96. The molecule has 1 aliphatic rings. The fourth-order valence-electron chi connectivity index (χ4n) is 1.95. The summed E-state index contributed by atoms with van der Waals surface area (Å²) >= 11 is 0. The Kier molecular flexibility index (Phi) is 2.64. The van der Waals surface area contributed by atoms with E-state index in [4.69, 9.17) is 5.11 Å². The van der Waals surface area contributed by atoms with Crippen molar-refractivity contribution >= 4 is 17.7 Å². The minimum Gasteiger partial charge on any atom is -0.480 e. The van der Waals surface area contributed by atoms with Crippen molar-refractivity contribution in [3.8, 4) is 0 Å². The van der Waals surface area contributed by atoms with Crippen LogP contribution in [0.1, 0.15) is 19.8 Å². The molecule has 0 aliphatic carbocycles. The van der Waals surface area contributed by atoms with Crippen LogP contribution >= 0.6 is 0 Å². The van der Waals surface area contributed by atoms with Gasteiger partial charge < -0.3 is 5.11 Å². The lowest BCUT2D eigenvalue weighted by atomic mass is 10.1. The standard InChI is InChI=1S/C10H13N3O3/c1-2-7(10(15)16)13-8-3-5-11-12(8)6-4-9(13)14/h3,5,7H,2,4,6H2,1H3,(H,15,16). The number of carbonyl (C=O) groups is 2. The molecule has 86 valence electrons. The van der Waals surface area contributed by atoms with Crippen LogP contribution in [-0.2, 0) is 16.1 Å². The number of rotatable bonds is 3. The Labute approximate surface area is 92.5 Å². The van der Waals surface area contributed by atoms with Gasteiger partial charge >= 0.3 is 5.97 Å². The van der Waals surface area contributed by atoms with Gasteiger partial charge in [-0.05, 0) is 6.42 Å². The van der Waals surface area contributed by atoms with Crippen LogP contribution in [-0.4, -0.2) is 32.8 Å². The predicted molar refractivity (Wildman–Crippen MR) is 56.0 cm³/mol. The number of carboxylic acids is 1. The quantitative estimate of drug-likeness (QED) is 0.808. The van der Waals surface area contributed by atoms with Crippen molar-refractivity contribution in [2.45, 2.75) is 32.4 Å². The van der Waals surface area contributed by atoms with Crippen molar-refractivity contribution in [1.82, 2.24) is 9.78 Å². The predicted octanol–water partition coefficient (Wildman–Crippen LogP) is 0.483. The molecule has 0 aromatic carbocycles. The van der Waals surface area contributed by atoms with Crippen molar-refractivity contribution in [3.05, 3.63) is 12.3 Å². The zero-order chi connectivity index (χ0) is 11.7. The Hall–Kier alpha value is -1.85. The van der Waals surface area contributed by atoms with E-state index in [9.17, 15) is 9.59 Å². The van der Waals surface area contributed by atoms with Gasteiger partial charge in [-0.15, -0.1) is 0 Å². The molecule has 0 fully saturated rings. The molecule has 0 radical (unpaired) electrons. The molecule has 2 heterocycles. The number of aryl methyl sites for hydroxylation is 1. The molecule has 16 heavy (non-hydrogen) atoms. The van der Waals surface area contributed by atoms with Gasteiger partial charge in [-0.3, -0.25) is 9.69 Å². The molecule has 0 saturated heterocycles. The highest BCUT2D eigenvalue weighted by Gasteiger charge is 2.34. The van der Waals surface area contributed by atoms with E-state index in [1.54, 1.807) is 23.9 Å². The molecule has 6 nitrogen and oxygen atoms in total. The number of aromatic nitrogens is 2. The molecule has 1 aliphatic heterocycles. The Balaban J connectivity index is 2.40. The summed E-state index contributed by atoms with van der Waals surface area (Å²) in [4.78, 5) is 24.2. The summed E-state index contributed by atoms with van der Waals surface area (Å²) in [5.41, 5.74) is 0. The maximum atomic E-state index is 11.8. The molecule has 6 heteroatoms. The lowest BCUT2D eigenvalue weighted by molar-refractivity contribution is -0.140. The maximum Gasteiger partial charge on any atom is 0.326 e. The van der Waals surface area contributed by atoms with Crippen LogP contribution in [0.3, 0.4) is 0 Å². The van der Waals surface area contributed by atoms with Gasteiger partial charge in [0.1, 0.15) is 11.9 Å². The maximum absolute atomic E-state index is 11.8. The molecule has 1 aromatic rings. The number of nitrogens with zero attached hydrogens (tertiary/aromatic N) is 3. The van der Waals surface area contributed by atoms with Crippen molar-refractivity contribution in [1.29, 1.82) is 0 Å². The first-order valence-electron chi connectivity index (χ1n) is 5.21. The first kappa shape index (κ1) is 10.7. The van der Waals surface area contributed by atoms with E-state index in [0.29, 0.717) is 25.2 Å². The van der Waals surface area contributed by atoms with Crippen molar-refractivity contribution in [2.75, 3.05) is 4.90 Å². The monoisotopic (exact) mass is 223 g/mol. The fraction of sp³-hybridized carbons (Fsp3) is 0.500. The molecular formula is C10H13N3O3. The number of aliphatic carboxylic acids is 1. The fourth-order valence-corrected chi connectivity index (χ4v) is 1.95. The van der Waals surface area contributed by atoms with E-state index >= 15 is 0 Å².